The Bertz CT molecular complexity index is 358. The van der Waals surface area contributed by atoms with Gasteiger partial charge in [0.25, 0.3) is 0 Å². The van der Waals surface area contributed by atoms with Gasteiger partial charge in [-0.25, -0.2) is 4.98 Å². The predicted octanol–water partition coefficient (Wildman–Crippen LogP) is 2.39. The third kappa shape index (κ3) is 2.16. The van der Waals surface area contributed by atoms with Gasteiger partial charge in [0.15, 0.2) is 0 Å². The minimum atomic E-state index is 0.263. The Hall–Kier alpha value is -0.990. The molecular formula is C12H21N3. The number of hydrogen-bond donors (Lipinski definition) is 1. The van der Waals surface area contributed by atoms with E-state index in [1.54, 1.807) is 0 Å². The highest BCUT2D eigenvalue weighted by molar-refractivity contribution is 5.39. The summed E-state index contributed by atoms with van der Waals surface area (Å²) in [6.07, 6.45) is 4.56. The molecule has 0 atom stereocenters. The van der Waals surface area contributed by atoms with Crippen LogP contribution in [0.15, 0.2) is 0 Å². The Labute approximate surface area is 91.7 Å². The van der Waals surface area contributed by atoms with Crippen molar-refractivity contribution in [2.24, 2.45) is 5.41 Å². The fourth-order valence-electron chi connectivity index (χ4n) is 2.19. The molecule has 0 saturated carbocycles. The molecule has 0 saturated heterocycles. The summed E-state index contributed by atoms with van der Waals surface area (Å²) in [5.74, 6) is 2.10. The molecule has 0 radical (unpaired) electrons. The summed E-state index contributed by atoms with van der Waals surface area (Å²) >= 11 is 0. The Morgan fingerprint density at radius 3 is 2.67 bits per heavy atom. The fourth-order valence-corrected chi connectivity index (χ4v) is 2.19. The molecule has 0 fully saturated rings. The van der Waals surface area contributed by atoms with Crippen LogP contribution in [0.25, 0.3) is 0 Å². The summed E-state index contributed by atoms with van der Waals surface area (Å²) in [5, 5.41) is 0. The molecule has 1 aliphatic heterocycles. The number of imidazole rings is 1. The van der Waals surface area contributed by atoms with E-state index in [9.17, 15) is 0 Å². The van der Waals surface area contributed by atoms with Crippen LogP contribution in [0.4, 0.5) is 5.82 Å². The highest BCUT2D eigenvalue weighted by Crippen LogP contribution is 2.27. The number of nitrogen functional groups attached to an aromatic ring is 1. The summed E-state index contributed by atoms with van der Waals surface area (Å²) < 4.78 is 2.20. The zero-order valence-electron chi connectivity index (χ0n) is 10.0. The summed E-state index contributed by atoms with van der Waals surface area (Å²) in [6.45, 7) is 7.73. The zero-order valence-corrected chi connectivity index (χ0v) is 10.0. The molecule has 0 aromatic carbocycles. The van der Waals surface area contributed by atoms with E-state index in [1.807, 2.05) is 0 Å². The van der Waals surface area contributed by atoms with Gasteiger partial charge >= 0.3 is 0 Å². The van der Waals surface area contributed by atoms with Gasteiger partial charge in [-0.15, -0.1) is 0 Å². The average molecular weight is 207 g/mol. The molecule has 3 nitrogen and oxygen atoms in total. The number of rotatable bonds is 1. The van der Waals surface area contributed by atoms with Crippen LogP contribution < -0.4 is 5.73 Å². The van der Waals surface area contributed by atoms with Crippen molar-refractivity contribution in [1.29, 1.82) is 0 Å². The van der Waals surface area contributed by atoms with Crippen molar-refractivity contribution in [2.45, 2.75) is 53.0 Å². The van der Waals surface area contributed by atoms with E-state index in [-0.39, 0.29) is 5.41 Å². The van der Waals surface area contributed by atoms with Crippen molar-refractivity contribution in [3.8, 4) is 0 Å². The minimum absolute atomic E-state index is 0.263. The number of anilines is 1. The van der Waals surface area contributed by atoms with E-state index in [1.165, 1.54) is 18.7 Å². The van der Waals surface area contributed by atoms with Crippen LogP contribution in [0.5, 0.6) is 0 Å². The molecule has 2 N–H and O–H groups in total. The van der Waals surface area contributed by atoms with E-state index >= 15 is 0 Å². The van der Waals surface area contributed by atoms with Gasteiger partial charge in [-0.2, -0.15) is 0 Å². The van der Waals surface area contributed by atoms with Crippen LogP contribution in [0, 0.1) is 5.41 Å². The van der Waals surface area contributed by atoms with Crippen molar-refractivity contribution in [1.82, 2.24) is 9.55 Å². The third-order valence-electron chi connectivity index (χ3n) is 2.89. The molecular weight excluding hydrogens is 186 g/mol. The van der Waals surface area contributed by atoms with E-state index in [2.05, 4.69) is 30.3 Å². The number of nitrogens with two attached hydrogens (primary N) is 1. The summed E-state index contributed by atoms with van der Waals surface area (Å²) in [7, 11) is 0. The predicted molar refractivity (Wildman–Crippen MR) is 62.7 cm³/mol. The molecule has 1 aromatic rings. The first-order valence-electron chi connectivity index (χ1n) is 5.81. The maximum atomic E-state index is 6.13. The summed E-state index contributed by atoms with van der Waals surface area (Å²) in [6, 6.07) is 0. The van der Waals surface area contributed by atoms with Gasteiger partial charge in [0.2, 0.25) is 0 Å². The smallest absolute Gasteiger partial charge is 0.126 e. The lowest BCUT2D eigenvalue weighted by Gasteiger charge is -2.17. The highest BCUT2D eigenvalue weighted by atomic mass is 15.1. The van der Waals surface area contributed by atoms with Crippen LogP contribution in [0.2, 0.25) is 0 Å². The maximum Gasteiger partial charge on any atom is 0.126 e. The van der Waals surface area contributed by atoms with Crippen LogP contribution in [-0.4, -0.2) is 9.55 Å². The van der Waals surface area contributed by atoms with Crippen LogP contribution >= 0.6 is 0 Å². The van der Waals surface area contributed by atoms with Crippen molar-refractivity contribution < 1.29 is 0 Å². The standard InChI is InChI=1S/C12H21N3/c1-12(2,3)8-9-11(13)15-7-5-4-6-10(15)14-9/h4-8,13H2,1-3H3. The van der Waals surface area contributed by atoms with Crippen molar-refractivity contribution in [3.05, 3.63) is 11.5 Å². The third-order valence-corrected chi connectivity index (χ3v) is 2.89. The van der Waals surface area contributed by atoms with Gasteiger partial charge in [-0.3, -0.25) is 0 Å². The molecule has 1 aromatic heterocycles. The molecule has 2 rings (SSSR count). The molecule has 84 valence electrons. The number of fused-ring (bicyclic) bond motifs is 1. The summed E-state index contributed by atoms with van der Waals surface area (Å²) in [4.78, 5) is 4.67. The number of hydrogen-bond acceptors (Lipinski definition) is 2. The van der Waals surface area contributed by atoms with Gasteiger partial charge < -0.3 is 10.3 Å². The number of aryl methyl sites for hydroxylation is 1. The topological polar surface area (TPSA) is 43.8 Å². The monoisotopic (exact) mass is 207 g/mol. The zero-order chi connectivity index (χ0) is 11.1. The lowest BCUT2D eigenvalue weighted by atomic mass is 9.90. The quantitative estimate of drug-likeness (QED) is 0.768. The molecule has 0 spiro atoms. The molecule has 0 aliphatic carbocycles. The lowest BCUT2D eigenvalue weighted by molar-refractivity contribution is 0.407. The van der Waals surface area contributed by atoms with Gasteiger partial charge in [-0.05, 0) is 24.7 Å². The van der Waals surface area contributed by atoms with Crippen LogP contribution in [0.1, 0.15) is 45.1 Å². The number of nitrogens with zero attached hydrogens (tertiary/aromatic N) is 2. The summed E-state index contributed by atoms with van der Waals surface area (Å²) in [5.41, 5.74) is 7.49. The van der Waals surface area contributed by atoms with Gasteiger partial charge in [0.05, 0.1) is 5.69 Å². The molecule has 2 heterocycles. The van der Waals surface area contributed by atoms with Crippen molar-refractivity contribution >= 4 is 5.82 Å². The van der Waals surface area contributed by atoms with Crippen LogP contribution in [0.3, 0.4) is 0 Å². The average Bonchev–Trinajstić information content (AvgIpc) is 2.42. The number of aromatic nitrogens is 2. The maximum absolute atomic E-state index is 6.13. The van der Waals surface area contributed by atoms with Crippen LogP contribution in [-0.2, 0) is 19.4 Å². The largest absolute Gasteiger partial charge is 0.384 e. The molecule has 15 heavy (non-hydrogen) atoms. The SMILES string of the molecule is CC(C)(C)Cc1nc2n(c1N)CCCC2. The minimum Gasteiger partial charge on any atom is -0.384 e. The first-order chi connectivity index (χ1) is 6.97. The fraction of sp³-hybridized carbons (Fsp3) is 0.750. The van der Waals surface area contributed by atoms with E-state index in [0.717, 1.165) is 30.9 Å². The Kier molecular flexibility index (Phi) is 2.49. The Morgan fingerprint density at radius 1 is 1.33 bits per heavy atom. The molecule has 1 aliphatic rings. The second kappa shape index (κ2) is 3.54. The molecule has 0 bridgehead atoms. The first kappa shape index (κ1) is 10.5. The van der Waals surface area contributed by atoms with E-state index < -0.39 is 0 Å². The second-order valence-corrected chi connectivity index (χ2v) is 5.71. The normalized spacial score (nSPS) is 16.5. The second-order valence-electron chi connectivity index (χ2n) is 5.71. The highest BCUT2D eigenvalue weighted by Gasteiger charge is 2.21. The van der Waals surface area contributed by atoms with Gasteiger partial charge in [0, 0.05) is 13.0 Å². The molecule has 0 amide bonds. The van der Waals surface area contributed by atoms with Crippen molar-refractivity contribution in [2.75, 3.05) is 5.73 Å². The van der Waals surface area contributed by atoms with E-state index in [4.69, 9.17) is 5.73 Å². The lowest BCUT2D eigenvalue weighted by Crippen LogP contribution is -2.13. The Balaban J connectivity index is 2.29. The van der Waals surface area contributed by atoms with Crippen molar-refractivity contribution in [3.63, 3.8) is 0 Å². The van der Waals surface area contributed by atoms with Gasteiger partial charge in [0.1, 0.15) is 11.6 Å². The Morgan fingerprint density at radius 2 is 2.07 bits per heavy atom. The molecule has 3 heteroatoms. The first-order valence-corrected chi connectivity index (χ1v) is 5.81. The van der Waals surface area contributed by atoms with Gasteiger partial charge in [-0.1, -0.05) is 20.8 Å². The molecule has 0 unspecified atom stereocenters. The van der Waals surface area contributed by atoms with E-state index in [0.29, 0.717) is 0 Å².